The number of nitro groups is 1. The zero-order chi connectivity index (χ0) is 15.4. The number of benzene rings is 1. The highest BCUT2D eigenvalue weighted by Crippen LogP contribution is 2.21. The molecule has 1 N–H and O–H groups in total. The van der Waals surface area contributed by atoms with Crippen LogP contribution in [0.2, 0.25) is 0 Å². The summed E-state index contributed by atoms with van der Waals surface area (Å²) in [5.74, 6) is -0.229. The lowest BCUT2D eigenvalue weighted by Gasteiger charge is -2.06. The SMILES string of the molecule is Cc1cc[n+](CC(=O)Nc2cc([N+](=O)[O-])ccc2C)cc1. The fraction of sp³-hybridized carbons (Fsp3) is 0.200. The van der Waals surface area contributed by atoms with Gasteiger partial charge >= 0.3 is 0 Å². The van der Waals surface area contributed by atoms with Crippen LogP contribution in [0.25, 0.3) is 0 Å². The summed E-state index contributed by atoms with van der Waals surface area (Å²) in [5.41, 5.74) is 2.31. The summed E-state index contributed by atoms with van der Waals surface area (Å²) < 4.78 is 1.75. The van der Waals surface area contributed by atoms with Crippen LogP contribution in [0.3, 0.4) is 0 Å². The Hall–Kier alpha value is -2.76. The van der Waals surface area contributed by atoms with Crippen LogP contribution >= 0.6 is 0 Å². The number of hydrogen-bond donors (Lipinski definition) is 1. The molecule has 6 nitrogen and oxygen atoms in total. The Morgan fingerprint density at radius 1 is 1.24 bits per heavy atom. The van der Waals surface area contributed by atoms with Crippen molar-refractivity contribution in [1.82, 2.24) is 0 Å². The van der Waals surface area contributed by atoms with Crippen molar-refractivity contribution in [2.75, 3.05) is 5.32 Å². The van der Waals surface area contributed by atoms with Gasteiger partial charge in [-0.05, 0) is 25.0 Å². The highest BCUT2D eigenvalue weighted by atomic mass is 16.6. The minimum absolute atomic E-state index is 0.0427. The van der Waals surface area contributed by atoms with Gasteiger partial charge in [-0.2, -0.15) is 4.57 Å². The number of nitrogens with one attached hydrogen (secondary N) is 1. The van der Waals surface area contributed by atoms with Gasteiger partial charge < -0.3 is 5.32 Å². The van der Waals surface area contributed by atoms with E-state index in [0.717, 1.165) is 11.1 Å². The first-order valence-electron chi connectivity index (χ1n) is 6.46. The highest BCUT2D eigenvalue weighted by molar-refractivity contribution is 5.90. The van der Waals surface area contributed by atoms with Crippen LogP contribution in [0.1, 0.15) is 11.1 Å². The lowest BCUT2D eigenvalue weighted by atomic mass is 10.2. The molecule has 0 unspecified atom stereocenters. The predicted octanol–water partition coefficient (Wildman–Crippen LogP) is 2.14. The highest BCUT2D eigenvalue weighted by Gasteiger charge is 2.13. The van der Waals surface area contributed by atoms with Crippen molar-refractivity contribution in [2.45, 2.75) is 20.4 Å². The van der Waals surface area contributed by atoms with Crippen molar-refractivity contribution in [3.8, 4) is 0 Å². The monoisotopic (exact) mass is 286 g/mol. The number of rotatable bonds is 4. The van der Waals surface area contributed by atoms with E-state index in [1.807, 2.05) is 31.5 Å². The van der Waals surface area contributed by atoms with Crippen molar-refractivity contribution < 1.29 is 14.3 Å². The van der Waals surface area contributed by atoms with Crippen LogP contribution in [-0.2, 0) is 11.3 Å². The Morgan fingerprint density at radius 3 is 2.52 bits per heavy atom. The van der Waals surface area contributed by atoms with Gasteiger partial charge in [-0.15, -0.1) is 0 Å². The molecule has 21 heavy (non-hydrogen) atoms. The second-order valence-corrected chi connectivity index (χ2v) is 4.85. The van der Waals surface area contributed by atoms with Gasteiger partial charge in [-0.25, -0.2) is 0 Å². The summed E-state index contributed by atoms with van der Waals surface area (Å²) in [6.45, 7) is 3.91. The number of pyridine rings is 1. The van der Waals surface area contributed by atoms with Gasteiger partial charge in [-0.3, -0.25) is 14.9 Å². The van der Waals surface area contributed by atoms with E-state index in [1.165, 1.54) is 12.1 Å². The Kier molecular flexibility index (Phi) is 4.27. The fourth-order valence-corrected chi connectivity index (χ4v) is 1.85. The topological polar surface area (TPSA) is 76.1 Å². The number of non-ortho nitro benzene ring substituents is 1. The van der Waals surface area contributed by atoms with E-state index >= 15 is 0 Å². The van der Waals surface area contributed by atoms with Gasteiger partial charge in [0.05, 0.1) is 10.6 Å². The number of aryl methyl sites for hydroxylation is 2. The number of aromatic nitrogens is 1. The van der Waals surface area contributed by atoms with Crippen molar-refractivity contribution in [1.29, 1.82) is 0 Å². The maximum absolute atomic E-state index is 12.0. The van der Waals surface area contributed by atoms with Crippen molar-refractivity contribution >= 4 is 17.3 Å². The van der Waals surface area contributed by atoms with Crippen LogP contribution in [0.15, 0.2) is 42.7 Å². The molecular weight excluding hydrogens is 270 g/mol. The molecule has 0 saturated carbocycles. The molecule has 0 bridgehead atoms. The summed E-state index contributed by atoms with van der Waals surface area (Å²) in [4.78, 5) is 22.3. The van der Waals surface area contributed by atoms with Crippen LogP contribution in [0.4, 0.5) is 11.4 Å². The largest absolute Gasteiger partial charge is 0.320 e. The molecular formula is C15H16N3O3+. The van der Waals surface area contributed by atoms with E-state index in [9.17, 15) is 14.9 Å². The average molecular weight is 286 g/mol. The molecule has 0 atom stereocenters. The first kappa shape index (κ1) is 14.6. The van der Waals surface area contributed by atoms with Crippen LogP contribution in [0.5, 0.6) is 0 Å². The van der Waals surface area contributed by atoms with Crippen LogP contribution in [0, 0.1) is 24.0 Å². The summed E-state index contributed by atoms with van der Waals surface area (Å²) in [6.07, 6.45) is 3.63. The Bertz CT molecular complexity index is 681. The Labute approximate surface area is 122 Å². The molecule has 1 aromatic heterocycles. The van der Waals surface area contributed by atoms with Crippen LogP contribution < -0.4 is 9.88 Å². The molecule has 1 heterocycles. The van der Waals surface area contributed by atoms with E-state index in [4.69, 9.17) is 0 Å². The smallest absolute Gasteiger partial charge is 0.290 e. The zero-order valence-electron chi connectivity index (χ0n) is 11.9. The Morgan fingerprint density at radius 2 is 1.90 bits per heavy atom. The summed E-state index contributed by atoms with van der Waals surface area (Å²) in [6, 6.07) is 8.22. The minimum Gasteiger partial charge on any atom is -0.320 e. The first-order valence-corrected chi connectivity index (χ1v) is 6.46. The molecule has 2 aromatic rings. The predicted molar refractivity (Wildman–Crippen MR) is 77.8 cm³/mol. The summed E-state index contributed by atoms with van der Waals surface area (Å²) in [7, 11) is 0. The van der Waals surface area contributed by atoms with E-state index in [-0.39, 0.29) is 18.1 Å². The molecule has 0 radical (unpaired) electrons. The first-order chi connectivity index (χ1) is 9.95. The normalized spacial score (nSPS) is 10.2. The number of anilines is 1. The van der Waals surface area contributed by atoms with E-state index in [0.29, 0.717) is 5.69 Å². The molecule has 0 aliphatic rings. The summed E-state index contributed by atoms with van der Waals surface area (Å²) >= 11 is 0. The number of amides is 1. The number of carbonyl (C=O) groups excluding carboxylic acids is 1. The number of carbonyl (C=O) groups is 1. The maximum atomic E-state index is 12.0. The van der Waals surface area contributed by atoms with Gasteiger partial charge in [0.1, 0.15) is 0 Å². The lowest BCUT2D eigenvalue weighted by molar-refractivity contribution is -0.684. The third-order valence-corrected chi connectivity index (χ3v) is 3.09. The van der Waals surface area contributed by atoms with E-state index in [1.54, 1.807) is 17.6 Å². The van der Waals surface area contributed by atoms with Crippen molar-refractivity contribution in [3.05, 3.63) is 64.0 Å². The quantitative estimate of drug-likeness (QED) is 0.531. The second-order valence-electron chi connectivity index (χ2n) is 4.85. The lowest BCUT2D eigenvalue weighted by Crippen LogP contribution is -2.39. The van der Waals surface area contributed by atoms with E-state index < -0.39 is 4.92 Å². The third kappa shape index (κ3) is 3.85. The molecule has 0 fully saturated rings. The van der Waals surface area contributed by atoms with Gasteiger partial charge in [0.2, 0.25) is 6.54 Å². The van der Waals surface area contributed by atoms with Gasteiger partial charge in [0.15, 0.2) is 12.4 Å². The molecule has 0 spiro atoms. The van der Waals surface area contributed by atoms with Crippen molar-refractivity contribution in [3.63, 3.8) is 0 Å². The molecule has 108 valence electrons. The minimum atomic E-state index is -0.482. The average Bonchev–Trinajstić information content (AvgIpc) is 2.43. The molecule has 6 heteroatoms. The molecule has 0 aliphatic carbocycles. The Balaban J connectivity index is 2.10. The number of nitro benzene ring substituents is 1. The molecule has 2 rings (SSSR count). The van der Waals surface area contributed by atoms with Crippen molar-refractivity contribution in [2.24, 2.45) is 0 Å². The molecule has 1 aromatic carbocycles. The molecule has 1 amide bonds. The molecule has 0 aliphatic heterocycles. The fourth-order valence-electron chi connectivity index (χ4n) is 1.85. The maximum Gasteiger partial charge on any atom is 0.290 e. The number of hydrogen-bond acceptors (Lipinski definition) is 3. The summed E-state index contributed by atoms with van der Waals surface area (Å²) in [5, 5.41) is 13.5. The van der Waals surface area contributed by atoms with Gasteiger partial charge in [-0.1, -0.05) is 6.07 Å². The zero-order valence-corrected chi connectivity index (χ0v) is 11.9. The van der Waals surface area contributed by atoms with Gasteiger partial charge in [0.25, 0.3) is 11.6 Å². The van der Waals surface area contributed by atoms with Crippen LogP contribution in [-0.4, -0.2) is 10.8 Å². The standard InChI is InChI=1S/C15H15N3O3/c1-11-5-7-17(8-6-11)10-15(19)16-14-9-13(18(20)21)4-3-12(14)2/h3-9H,10H2,1-2H3/p+1. The number of nitrogens with zero attached hydrogens (tertiary/aromatic N) is 2. The molecule has 0 saturated heterocycles. The third-order valence-electron chi connectivity index (χ3n) is 3.09. The van der Waals surface area contributed by atoms with E-state index in [2.05, 4.69) is 5.32 Å². The van der Waals surface area contributed by atoms with Gasteiger partial charge in [0, 0.05) is 24.3 Å². The second kappa shape index (κ2) is 6.13.